The van der Waals surface area contributed by atoms with Crippen LogP contribution in [-0.4, -0.2) is 28.1 Å². The van der Waals surface area contributed by atoms with E-state index in [9.17, 15) is 0 Å². The summed E-state index contributed by atoms with van der Waals surface area (Å²) in [6.07, 6.45) is 8.52. The summed E-state index contributed by atoms with van der Waals surface area (Å²) < 4.78 is 0. The van der Waals surface area contributed by atoms with Crippen LogP contribution in [0.3, 0.4) is 0 Å². The molecule has 2 aliphatic rings. The van der Waals surface area contributed by atoms with Gasteiger partial charge in [0.25, 0.3) is 0 Å². The third-order valence-corrected chi connectivity index (χ3v) is 4.39. The van der Waals surface area contributed by atoms with Crippen LogP contribution in [0.2, 0.25) is 0 Å². The molecular weight excluding hydrogens is 246 g/mol. The highest BCUT2D eigenvalue weighted by Crippen LogP contribution is 2.37. The number of aliphatic imine (C=N–C) groups is 2. The molecule has 6 heteroatoms. The van der Waals surface area contributed by atoms with Crippen molar-refractivity contribution in [2.24, 2.45) is 27.5 Å². The van der Waals surface area contributed by atoms with Crippen molar-refractivity contribution in [3.05, 3.63) is 0 Å². The highest BCUT2D eigenvalue weighted by molar-refractivity contribution is 8.13. The Morgan fingerprint density at radius 2 is 2.11 bits per heavy atom. The van der Waals surface area contributed by atoms with Crippen molar-refractivity contribution in [2.45, 2.75) is 51.2 Å². The van der Waals surface area contributed by atoms with E-state index in [0.717, 1.165) is 36.7 Å². The van der Waals surface area contributed by atoms with Crippen molar-refractivity contribution < 1.29 is 0 Å². The fourth-order valence-corrected chi connectivity index (χ4v) is 3.26. The minimum Gasteiger partial charge on any atom is -0.288 e. The van der Waals surface area contributed by atoms with Gasteiger partial charge in [-0.1, -0.05) is 31.5 Å². The zero-order valence-electron chi connectivity index (χ0n) is 11.2. The van der Waals surface area contributed by atoms with Gasteiger partial charge in [0.2, 0.25) is 5.79 Å². The number of hydrogen-bond acceptors (Lipinski definition) is 6. The molecule has 102 valence electrons. The van der Waals surface area contributed by atoms with Gasteiger partial charge in [0.05, 0.1) is 0 Å². The molecular formula is C12H23N5S. The fourth-order valence-electron chi connectivity index (χ4n) is 2.72. The Morgan fingerprint density at radius 1 is 1.44 bits per heavy atom. The molecule has 0 aromatic carbocycles. The number of rotatable bonds is 3. The minimum absolute atomic E-state index is 0.340. The first-order chi connectivity index (χ1) is 8.61. The standard InChI is InChI=1S/C12H23N5S/c1-3-6-10-15-11(18-2)17(14)12(13,16-10)9-7-4-5-8-9/h9H,3-8,13-14H2,1-2H3. The molecule has 0 amide bonds. The minimum atomic E-state index is -0.791. The molecule has 1 saturated carbocycles. The average Bonchev–Trinajstić information content (AvgIpc) is 2.88. The second kappa shape index (κ2) is 5.59. The highest BCUT2D eigenvalue weighted by Gasteiger charge is 2.44. The molecule has 0 spiro atoms. The molecule has 0 radical (unpaired) electrons. The topological polar surface area (TPSA) is 80.0 Å². The van der Waals surface area contributed by atoms with E-state index in [2.05, 4.69) is 16.9 Å². The number of nitrogens with two attached hydrogens (primary N) is 2. The SMILES string of the molecule is CCCC1=NC(N)(C2CCCC2)N(N)C(SC)=N1. The average molecular weight is 269 g/mol. The van der Waals surface area contributed by atoms with E-state index in [0.29, 0.717) is 5.92 Å². The number of hydrazine groups is 1. The third kappa shape index (κ3) is 2.41. The van der Waals surface area contributed by atoms with Gasteiger partial charge < -0.3 is 0 Å². The van der Waals surface area contributed by atoms with Crippen LogP contribution >= 0.6 is 11.8 Å². The van der Waals surface area contributed by atoms with Crippen LogP contribution in [0.5, 0.6) is 0 Å². The van der Waals surface area contributed by atoms with Crippen molar-refractivity contribution in [2.75, 3.05) is 6.26 Å². The van der Waals surface area contributed by atoms with E-state index in [-0.39, 0.29) is 0 Å². The van der Waals surface area contributed by atoms with E-state index in [4.69, 9.17) is 11.6 Å². The Bertz CT molecular complexity index is 361. The van der Waals surface area contributed by atoms with E-state index in [1.165, 1.54) is 24.6 Å². The van der Waals surface area contributed by atoms with Crippen LogP contribution in [0.1, 0.15) is 45.4 Å². The fraction of sp³-hybridized carbons (Fsp3) is 0.833. The lowest BCUT2D eigenvalue weighted by Crippen LogP contribution is -2.65. The molecule has 1 atom stereocenters. The van der Waals surface area contributed by atoms with Gasteiger partial charge in [0, 0.05) is 12.3 Å². The van der Waals surface area contributed by atoms with Crippen LogP contribution < -0.4 is 11.6 Å². The summed E-state index contributed by atoms with van der Waals surface area (Å²) in [5.74, 6) is 6.55. The molecule has 4 N–H and O–H groups in total. The largest absolute Gasteiger partial charge is 0.288 e. The Hall–Kier alpha value is -0.590. The quantitative estimate of drug-likeness (QED) is 0.767. The predicted octanol–water partition coefficient (Wildman–Crippen LogP) is 1.90. The summed E-state index contributed by atoms with van der Waals surface area (Å²) in [5, 5.41) is 2.36. The van der Waals surface area contributed by atoms with Crippen molar-refractivity contribution in [1.29, 1.82) is 0 Å². The maximum absolute atomic E-state index is 6.51. The summed E-state index contributed by atoms with van der Waals surface area (Å²) in [4.78, 5) is 9.15. The third-order valence-electron chi connectivity index (χ3n) is 3.74. The number of amidine groups is 2. The Kier molecular flexibility index (Phi) is 4.29. The van der Waals surface area contributed by atoms with Gasteiger partial charge in [-0.25, -0.2) is 20.8 Å². The smallest absolute Gasteiger partial charge is 0.204 e. The maximum Gasteiger partial charge on any atom is 0.204 e. The second-order valence-electron chi connectivity index (χ2n) is 5.01. The summed E-state index contributed by atoms with van der Waals surface area (Å²) in [7, 11) is 0. The van der Waals surface area contributed by atoms with Gasteiger partial charge in [-0.3, -0.25) is 5.73 Å². The lowest BCUT2D eigenvalue weighted by atomic mass is 9.98. The molecule has 1 aliphatic heterocycles. The van der Waals surface area contributed by atoms with Crippen molar-refractivity contribution in [1.82, 2.24) is 5.01 Å². The summed E-state index contributed by atoms with van der Waals surface area (Å²) in [5.41, 5.74) is 6.51. The van der Waals surface area contributed by atoms with Gasteiger partial charge in [-0.2, -0.15) is 0 Å². The zero-order valence-corrected chi connectivity index (χ0v) is 12.0. The molecule has 0 bridgehead atoms. The van der Waals surface area contributed by atoms with Gasteiger partial charge in [-0.15, -0.1) is 0 Å². The van der Waals surface area contributed by atoms with E-state index in [1.807, 2.05) is 6.26 Å². The van der Waals surface area contributed by atoms with Crippen LogP contribution in [0.4, 0.5) is 0 Å². The first-order valence-corrected chi connectivity index (χ1v) is 7.89. The van der Waals surface area contributed by atoms with Crippen LogP contribution in [-0.2, 0) is 0 Å². The molecule has 1 fully saturated rings. The normalized spacial score (nSPS) is 29.4. The first kappa shape index (κ1) is 13.8. The second-order valence-corrected chi connectivity index (χ2v) is 5.78. The van der Waals surface area contributed by atoms with Gasteiger partial charge in [-0.05, 0) is 25.5 Å². The van der Waals surface area contributed by atoms with Crippen molar-refractivity contribution >= 4 is 22.8 Å². The Balaban J connectivity index is 2.30. The summed E-state index contributed by atoms with van der Waals surface area (Å²) >= 11 is 1.53. The number of hydrogen-bond donors (Lipinski definition) is 2. The lowest BCUT2D eigenvalue weighted by molar-refractivity contribution is 0.111. The lowest BCUT2D eigenvalue weighted by Gasteiger charge is -2.42. The molecule has 5 nitrogen and oxygen atoms in total. The van der Waals surface area contributed by atoms with Gasteiger partial charge in [0.15, 0.2) is 5.17 Å². The van der Waals surface area contributed by atoms with E-state index < -0.39 is 5.79 Å². The Morgan fingerprint density at radius 3 is 2.67 bits per heavy atom. The molecule has 0 aromatic heterocycles. The first-order valence-electron chi connectivity index (χ1n) is 6.67. The monoisotopic (exact) mass is 269 g/mol. The summed E-state index contributed by atoms with van der Waals surface area (Å²) in [6, 6.07) is 0. The van der Waals surface area contributed by atoms with Crippen LogP contribution in [0, 0.1) is 5.92 Å². The maximum atomic E-state index is 6.51. The van der Waals surface area contributed by atoms with Crippen LogP contribution in [0.15, 0.2) is 9.98 Å². The van der Waals surface area contributed by atoms with Crippen molar-refractivity contribution in [3.63, 3.8) is 0 Å². The summed E-state index contributed by atoms with van der Waals surface area (Å²) in [6.45, 7) is 2.12. The Labute approximate surface area is 113 Å². The number of thioether (sulfide) groups is 1. The molecule has 2 rings (SSSR count). The molecule has 0 saturated heterocycles. The highest BCUT2D eigenvalue weighted by atomic mass is 32.2. The molecule has 0 aromatic rings. The molecule has 1 aliphatic carbocycles. The van der Waals surface area contributed by atoms with E-state index in [1.54, 1.807) is 5.01 Å². The predicted molar refractivity (Wildman–Crippen MR) is 78.2 cm³/mol. The molecule has 1 unspecified atom stereocenters. The van der Waals surface area contributed by atoms with Crippen LogP contribution in [0.25, 0.3) is 0 Å². The van der Waals surface area contributed by atoms with Gasteiger partial charge >= 0.3 is 0 Å². The number of nitrogens with zero attached hydrogens (tertiary/aromatic N) is 3. The molecule has 1 heterocycles. The zero-order chi connectivity index (χ0) is 13.2. The van der Waals surface area contributed by atoms with Crippen molar-refractivity contribution in [3.8, 4) is 0 Å². The van der Waals surface area contributed by atoms with E-state index >= 15 is 0 Å². The molecule has 18 heavy (non-hydrogen) atoms. The van der Waals surface area contributed by atoms with Gasteiger partial charge in [0.1, 0.15) is 5.84 Å².